The van der Waals surface area contributed by atoms with Crippen molar-refractivity contribution in [2.24, 2.45) is 0 Å². The first-order valence-electron chi connectivity index (χ1n) is 6.92. The Labute approximate surface area is 136 Å². The van der Waals surface area contributed by atoms with E-state index in [2.05, 4.69) is 18.3 Å². The van der Waals surface area contributed by atoms with E-state index in [0.717, 1.165) is 17.7 Å². The van der Waals surface area contributed by atoms with E-state index in [9.17, 15) is 0 Å². The zero-order valence-electron chi connectivity index (χ0n) is 12.2. The number of aryl methyl sites for hydroxylation is 1. The van der Waals surface area contributed by atoms with Crippen molar-refractivity contribution >= 4 is 23.2 Å². The molecular formula is C17H19Cl2NO. The Hall–Kier alpha value is -1.22. The lowest BCUT2D eigenvalue weighted by atomic mass is 10.0. The summed E-state index contributed by atoms with van der Waals surface area (Å²) in [4.78, 5) is 0. The van der Waals surface area contributed by atoms with Crippen molar-refractivity contribution in [2.75, 3.05) is 13.7 Å². The molecule has 2 rings (SSSR count). The van der Waals surface area contributed by atoms with Crippen molar-refractivity contribution in [1.82, 2.24) is 5.32 Å². The molecule has 0 aliphatic carbocycles. The number of hydrogen-bond donors (Lipinski definition) is 1. The molecule has 112 valence electrons. The van der Waals surface area contributed by atoms with E-state index in [0.29, 0.717) is 16.7 Å². The van der Waals surface area contributed by atoms with Gasteiger partial charge in [-0.3, -0.25) is 0 Å². The van der Waals surface area contributed by atoms with Gasteiger partial charge in [0.2, 0.25) is 0 Å². The minimum atomic E-state index is 0.185. The smallest absolute Gasteiger partial charge is 0.119 e. The summed E-state index contributed by atoms with van der Waals surface area (Å²) in [5.41, 5.74) is 2.31. The molecule has 2 nitrogen and oxygen atoms in total. The largest absolute Gasteiger partial charge is 0.494 e. The van der Waals surface area contributed by atoms with Crippen molar-refractivity contribution < 1.29 is 4.74 Å². The van der Waals surface area contributed by atoms with Gasteiger partial charge >= 0.3 is 0 Å². The van der Waals surface area contributed by atoms with Gasteiger partial charge in [0.1, 0.15) is 5.75 Å². The molecule has 0 aromatic heterocycles. The summed E-state index contributed by atoms with van der Waals surface area (Å²) in [7, 11) is 1.93. The van der Waals surface area contributed by atoms with E-state index in [-0.39, 0.29) is 6.04 Å². The molecule has 0 bridgehead atoms. The van der Waals surface area contributed by atoms with Crippen LogP contribution in [0.25, 0.3) is 0 Å². The first-order chi connectivity index (χ1) is 10.1. The summed E-state index contributed by atoms with van der Waals surface area (Å²) >= 11 is 12.0. The molecule has 0 saturated carbocycles. The highest BCUT2D eigenvalue weighted by Gasteiger charge is 2.11. The molecule has 0 aliphatic rings. The summed E-state index contributed by atoms with van der Waals surface area (Å²) in [5, 5.41) is 4.43. The molecule has 4 heteroatoms. The number of ether oxygens (including phenoxy) is 1. The second-order valence-corrected chi connectivity index (χ2v) is 5.78. The van der Waals surface area contributed by atoms with Crippen LogP contribution in [0.2, 0.25) is 10.0 Å². The summed E-state index contributed by atoms with van der Waals surface area (Å²) < 4.78 is 5.80. The van der Waals surface area contributed by atoms with Crippen LogP contribution in [0, 0.1) is 6.92 Å². The minimum Gasteiger partial charge on any atom is -0.494 e. The highest BCUT2D eigenvalue weighted by molar-refractivity contribution is 6.42. The molecule has 1 atom stereocenters. The Balaban J connectivity index is 1.94. The maximum absolute atomic E-state index is 6.07. The number of benzene rings is 2. The minimum absolute atomic E-state index is 0.185. The second-order valence-electron chi connectivity index (χ2n) is 4.97. The van der Waals surface area contributed by atoms with E-state index in [1.807, 2.05) is 43.4 Å². The van der Waals surface area contributed by atoms with Crippen LogP contribution in [0.5, 0.6) is 5.75 Å². The van der Waals surface area contributed by atoms with Crippen LogP contribution < -0.4 is 10.1 Å². The topological polar surface area (TPSA) is 21.3 Å². The quantitative estimate of drug-likeness (QED) is 0.804. The molecule has 1 unspecified atom stereocenters. The van der Waals surface area contributed by atoms with Crippen LogP contribution in [-0.2, 0) is 0 Å². The number of nitrogens with one attached hydrogen (secondary N) is 1. The predicted molar refractivity (Wildman–Crippen MR) is 89.6 cm³/mol. The first-order valence-corrected chi connectivity index (χ1v) is 7.67. The van der Waals surface area contributed by atoms with E-state index in [1.54, 1.807) is 0 Å². The fraction of sp³-hybridized carbons (Fsp3) is 0.294. The summed E-state index contributed by atoms with van der Waals surface area (Å²) in [6, 6.07) is 14.0. The van der Waals surface area contributed by atoms with Crippen molar-refractivity contribution in [3.63, 3.8) is 0 Å². The fourth-order valence-electron chi connectivity index (χ4n) is 2.21. The zero-order chi connectivity index (χ0) is 15.2. The van der Waals surface area contributed by atoms with Gasteiger partial charge in [0.15, 0.2) is 0 Å². The van der Waals surface area contributed by atoms with Crippen LogP contribution in [-0.4, -0.2) is 13.7 Å². The van der Waals surface area contributed by atoms with Gasteiger partial charge in [-0.1, -0.05) is 41.4 Å². The molecule has 2 aromatic carbocycles. The lowest BCUT2D eigenvalue weighted by Crippen LogP contribution is -2.19. The van der Waals surface area contributed by atoms with Gasteiger partial charge in [-0.15, -0.1) is 0 Å². The summed E-state index contributed by atoms with van der Waals surface area (Å²) in [5.74, 6) is 0.902. The Morgan fingerprint density at radius 2 is 1.90 bits per heavy atom. The monoisotopic (exact) mass is 323 g/mol. The number of rotatable bonds is 6. The van der Waals surface area contributed by atoms with Crippen LogP contribution >= 0.6 is 23.2 Å². The number of hydrogen-bond acceptors (Lipinski definition) is 2. The molecule has 21 heavy (non-hydrogen) atoms. The normalized spacial score (nSPS) is 12.2. The van der Waals surface area contributed by atoms with Gasteiger partial charge < -0.3 is 10.1 Å². The second kappa shape index (κ2) is 7.69. The molecular weight excluding hydrogens is 305 g/mol. The molecule has 0 radical (unpaired) electrons. The van der Waals surface area contributed by atoms with Crippen LogP contribution in [0.3, 0.4) is 0 Å². The zero-order valence-corrected chi connectivity index (χ0v) is 13.7. The van der Waals surface area contributed by atoms with Gasteiger partial charge in [-0.25, -0.2) is 0 Å². The molecule has 1 N–H and O–H groups in total. The van der Waals surface area contributed by atoms with Crippen LogP contribution in [0.4, 0.5) is 0 Å². The van der Waals surface area contributed by atoms with Gasteiger partial charge in [0.05, 0.1) is 16.7 Å². The molecule has 0 spiro atoms. The highest BCUT2D eigenvalue weighted by Crippen LogP contribution is 2.27. The maximum atomic E-state index is 6.07. The van der Waals surface area contributed by atoms with Gasteiger partial charge in [-0.2, -0.15) is 0 Å². The van der Waals surface area contributed by atoms with Crippen LogP contribution in [0.15, 0.2) is 42.5 Å². The lowest BCUT2D eigenvalue weighted by molar-refractivity contribution is 0.290. The SMILES string of the molecule is CNC(CCOc1cccc(C)c1)c1ccc(Cl)c(Cl)c1. The third-order valence-electron chi connectivity index (χ3n) is 3.36. The average molecular weight is 324 g/mol. The molecule has 0 saturated heterocycles. The lowest BCUT2D eigenvalue weighted by Gasteiger charge is -2.17. The van der Waals surface area contributed by atoms with Gasteiger partial charge in [-0.05, 0) is 49.4 Å². The van der Waals surface area contributed by atoms with E-state index >= 15 is 0 Å². The van der Waals surface area contributed by atoms with Crippen molar-refractivity contribution in [3.8, 4) is 5.75 Å². The van der Waals surface area contributed by atoms with Crippen molar-refractivity contribution in [2.45, 2.75) is 19.4 Å². The average Bonchev–Trinajstić information content (AvgIpc) is 2.47. The molecule has 0 heterocycles. The van der Waals surface area contributed by atoms with E-state index < -0.39 is 0 Å². The third-order valence-corrected chi connectivity index (χ3v) is 4.10. The molecule has 0 aliphatic heterocycles. The van der Waals surface area contributed by atoms with Crippen molar-refractivity contribution in [3.05, 3.63) is 63.6 Å². The summed E-state index contributed by atoms with van der Waals surface area (Å²) in [6.07, 6.45) is 0.850. The van der Waals surface area contributed by atoms with Crippen molar-refractivity contribution in [1.29, 1.82) is 0 Å². The molecule has 0 amide bonds. The Morgan fingerprint density at radius 1 is 1.10 bits per heavy atom. The Bertz CT molecular complexity index is 601. The Morgan fingerprint density at radius 3 is 2.57 bits per heavy atom. The van der Waals surface area contributed by atoms with E-state index in [1.165, 1.54) is 5.56 Å². The first kappa shape index (κ1) is 16.2. The van der Waals surface area contributed by atoms with E-state index in [4.69, 9.17) is 27.9 Å². The standard InChI is InChI=1S/C17H19Cl2NO/c1-12-4-3-5-14(10-12)21-9-8-17(20-2)13-6-7-15(18)16(19)11-13/h3-7,10-11,17,20H,8-9H2,1-2H3. The molecule has 2 aromatic rings. The number of halogens is 2. The van der Waals surface area contributed by atoms with Gasteiger partial charge in [0, 0.05) is 12.5 Å². The third kappa shape index (κ3) is 4.63. The maximum Gasteiger partial charge on any atom is 0.119 e. The summed E-state index contributed by atoms with van der Waals surface area (Å²) in [6.45, 7) is 2.69. The fourth-order valence-corrected chi connectivity index (χ4v) is 2.51. The highest BCUT2D eigenvalue weighted by atomic mass is 35.5. The molecule has 0 fully saturated rings. The van der Waals surface area contributed by atoms with Gasteiger partial charge in [0.25, 0.3) is 0 Å². The Kier molecular flexibility index (Phi) is 5.92. The predicted octanol–water partition coefficient (Wildman–Crippen LogP) is 5.03. The van der Waals surface area contributed by atoms with Crippen LogP contribution in [0.1, 0.15) is 23.6 Å².